The number of imide groups is 1. The van der Waals surface area contributed by atoms with Gasteiger partial charge in [0.1, 0.15) is 5.82 Å². The molecule has 2 fully saturated rings. The molecule has 2 unspecified atom stereocenters. The molecule has 2 atom stereocenters. The molecule has 0 spiro atoms. The van der Waals surface area contributed by atoms with Crippen LogP contribution in [0.2, 0.25) is 5.02 Å². The number of halogens is 2. The number of carbonyl (C=O) groups excluding carboxylic acids is 3. The SMILES string of the molecule is O=C(NC1CCCCC1N1C(=O)CSC1=O)c1ccc(F)cc1Cl. The second kappa shape index (κ2) is 7.11. The van der Waals surface area contributed by atoms with Gasteiger partial charge < -0.3 is 5.32 Å². The van der Waals surface area contributed by atoms with Gasteiger partial charge in [0, 0.05) is 0 Å². The van der Waals surface area contributed by atoms with Crippen molar-refractivity contribution in [1.82, 2.24) is 10.2 Å². The highest BCUT2D eigenvalue weighted by Gasteiger charge is 2.41. The number of hydrogen-bond donors (Lipinski definition) is 1. The van der Waals surface area contributed by atoms with Gasteiger partial charge in [0.05, 0.1) is 28.4 Å². The first-order valence-corrected chi connectivity index (χ1v) is 9.08. The van der Waals surface area contributed by atoms with Crippen LogP contribution in [0.3, 0.4) is 0 Å². The van der Waals surface area contributed by atoms with E-state index < -0.39 is 11.7 Å². The first-order valence-electron chi connectivity index (χ1n) is 7.72. The number of nitrogens with zero attached hydrogens (tertiary/aromatic N) is 1. The fourth-order valence-electron chi connectivity index (χ4n) is 3.19. The summed E-state index contributed by atoms with van der Waals surface area (Å²) in [4.78, 5) is 37.7. The summed E-state index contributed by atoms with van der Waals surface area (Å²) < 4.78 is 13.1. The Labute approximate surface area is 147 Å². The minimum atomic E-state index is -0.516. The van der Waals surface area contributed by atoms with E-state index in [0.29, 0.717) is 12.8 Å². The molecule has 24 heavy (non-hydrogen) atoms. The largest absolute Gasteiger partial charge is 0.347 e. The van der Waals surface area contributed by atoms with Gasteiger partial charge in [-0.1, -0.05) is 36.2 Å². The molecule has 1 N–H and O–H groups in total. The Morgan fingerprint density at radius 3 is 2.71 bits per heavy atom. The van der Waals surface area contributed by atoms with Crippen LogP contribution in [0.15, 0.2) is 18.2 Å². The third kappa shape index (κ3) is 3.42. The van der Waals surface area contributed by atoms with Gasteiger partial charge in [0.2, 0.25) is 5.91 Å². The predicted octanol–water partition coefficient (Wildman–Crippen LogP) is 3.22. The van der Waals surface area contributed by atoms with Gasteiger partial charge in [-0.25, -0.2) is 4.39 Å². The van der Waals surface area contributed by atoms with Crippen molar-refractivity contribution in [3.8, 4) is 0 Å². The molecule has 1 aliphatic heterocycles. The molecule has 1 aromatic rings. The number of benzene rings is 1. The van der Waals surface area contributed by atoms with E-state index in [1.54, 1.807) is 0 Å². The van der Waals surface area contributed by atoms with Crippen molar-refractivity contribution in [2.45, 2.75) is 37.8 Å². The molecule has 1 heterocycles. The van der Waals surface area contributed by atoms with Gasteiger partial charge in [-0.15, -0.1) is 0 Å². The first-order chi connectivity index (χ1) is 11.5. The summed E-state index contributed by atoms with van der Waals surface area (Å²) in [5.74, 6) is -1.00. The average molecular weight is 371 g/mol. The Morgan fingerprint density at radius 1 is 1.29 bits per heavy atom. The lowest BCUT2D eigenvalue weighted by atomic mass is 9.89. The van der Waals surface area contributed by atoms with E-state index in [1.807, 2.05) is 0 Å². The van der Waals surface area contributed by atoms with E-state index >= 15 is 0 Å². The highest BCUT2D eigenvalue weighted by Crippen LogP contribution is 2.30. The van der Waals surface area contributed by atoms with Crippen molar-refractivity contribution in [3.63, 3.8) is 0 Å². The van der Waals surface area contributed by atoms with Gasteiger partial charge >= 0.3 is 0 Å². The minimum absolute atomic E-state index is 0.0312. The Hall–Kier alpha value is -1.60. The predicted molar refractivity (Wildman–Crippen MR) is 89.6 cm³/mol. The van der Waals surface area contributed by atoms with Gasteiger partial charge in [0.25, 0.3) is 11.1 Å². The van der Waals surface area contributed by atoms with Gasteiger partial charge in [-0.05, 0) is 31.0 Å². The highest BCUT2D eigenvalue weighted by atomic mass is 35.5. The monoisotopic (exact) mass is 370 g/mol. The van der Waals surface area contributed by atoms with Crippen LogP contribution in [0, 0.1) is 5.82 Å². The Bertz CT molecular complexity index is 684. The molecule has 128 valence electrons. The summed E-state index contributed by atoms with van der Waals surface area (Å²) in [5.41, 5.74) is 0.177. The molecule has 3 rings (SSSR count). The number of rotatable bonds is 3. The van der Waals surface area contributed by atoms with E-state index in [9.17, 15) is 18.8 Å². The van der Waals surface area contributed by atoms with Crippen LogP contribution in [-0.2, 0) is 4.79 Å². The molecule has 1 aliphatic carbocycles. The summed E-state index contributed by atoms with van der Waals surface area (Å²) in [6, 6.07) is 2.92. The maximum Gasteiger partial charge on any atom is 0.289 e. The maximum atomic E-state index is 13.1. The second-order valence-corrected chi connectivity index (χ2v) is 7.21. The summed E-state index contributed by atoms with van der Waals surface area (Å²) in [6.07, 6.45) is 3.15. The smallest absolute Gasteiger partial charge is 0.289 e. The average Bonchev–Trinajstić information content (AvgIpc) is 2.87. The number of hydrogen-bond acceptors (Lipinski definition) is 4. The van der Waals surface area contributed by atoms with Crippen molar-refractivity contribution < 1.29 is 18.8 Å². The third-order valence-corrected chi connectivity index (χ3v) is 5.49. The van der Waals surface area contributed by atoms with Crippen LogP contribution in [0.1, 0.15) is 36.0 Å². The van der Waals surface area contributed by atoms with E-state index in [2.05, 4.69) is 5.32 Å². The molecular formula is C16H16ClFN2O3S. The summed E-state index contributed by atoms with van der Waals surface area (Å²) in [5, 5.41) is 2.64. The molecule has 0 radical (unpaired) electrons. The molecule has 8 heteroatoms. The number of nitrogens with one attached hydrogen (secondary N) is 1. The fourth-order valence-corrected chi connectivity index (χ4v) is 4.21. The lowest BCUT2D eigenvalue weighted by Gasteiger charge is -2.36. The second-order valence-electron chi connectivity index (χ2n) is 5.87. The Balaban J connectivity index is 1.77. The molecule has 5 nitrogen and oxygen atoms in total. The molecule has 1 saturated carbocycles. The molecule has 1 aromatic carbocycles. The highest BCUT2D eigenvalue weighted by molar-refractivity contribution is 8.14. The maximum absolute atomic E-state index is 13.1. The first kappa shape index (κ1) is 17.2. The zero-order valence-electron chi connectivity index (χ0n) is 12.8. The van der Waals surface area contributed by atoms with Crippen LogP contribution < -0.4 is 5.32 Å². The van der Waals surface area contributed by atoms with Gasteiger partial charge in [-0.2, -0.15) is 0 Å². The molecule has 1 saturated heterocycles. The van der Waals surface area contributed by atoms with E-state index in [-0.39, 0.29) is 39.6 Å². The fraction of sp³-hybridized carbons (Fsp3) is 0.438. The summed E-state index contributed by atoms with van der Waals surface area (Å²) in [6.45, 7) is 0. The lowest BCUT2D eigenvalue weighted by molar-refractivity contribution is -0.127. The van der Waals surface area contributed by atoms with E-state index in [0.717, 1.165) is 30.7 Å². The number of carbonyl (C=O) groups is 3. The van der Waals surface area contributed by atoms with E-state index in [1.165, 1.54) is 17.0 Å². The summed E-state index contributed by atoms with van der Waals surface area (Å²) in [7, 11) is 0. The van der Waals surface area contributed by atoms with Crippen molar-refractivity contribution >= 4 is 40.4 Å². The van der Waals surface area contributed by atoms with E-state index in [4.69, 9.17) is 11.6 Å². The van der Waals surface area contributed by atoms with Crippen LogP contribution >= 0.6 is 23.4 Å². The van der Waals surface area contributed by atoms with Crippen molar-refractivity contribution in [1.29, 1.82) is 0 Å². The molecular weight excluding hydrogens is 355 g/mol. The van der Waals surface area contributed by atoms with Crippen LogP contribution in [-0.4, -0.2) is 39.8 Å². The van der Waals surface area contributed by atoms with Crippen LogP contribution in [0.25, 0.3) is 0 Å². The van der Waals surface area contributed by atoms with Crippen LogP contribution in [0.4, 0.5) is 9.18 Å². The third-order valence-electron chi connectivity index (χ3n) is 4.34. The van der Waals surface area contributed by atoms with Gasteiger partial charge in [-0.3, -0.25) is 19.3 Å². The zero-order valence-corrected chi connectivity index (χ0v) is 14.3. The minimum Gasteiger partial charge on any atom is -0.347 e. The Morgan fingerprint density at radius 2 is 2.04 bits per heavy atom. The van der Waals surface area contributed by atoms with Crippen molar-refractivity contribution in [3.05, 3.63) is 34.6 Å². The number of amides is 3. The molecule has 0 bridgehead atoms. The zero-order chi connectivity index (χ0) is 17.3. The van der Waals surface area contributed by atoms with Gasteiger partial charge in [0.15, 0.2) is 0 Å². The lowest BCUT2D eigenvalue weighted by Crippen LogP contribution is -2.54. The molecule has 0 aromatic heterocycles. The summed E-state index contributed by atoms with van der Waals surface area (Å²) >= 11 is 6.92. The molecule has 3 amide bonds. The normalized spacial score (nSPS) is 24.3. The van der Waals surface area contributed by atoms with Crippen LogP contribution in [0.5, 0.6) is 0 Å². The quantitative estimate of drug-likeness (QED) is 0.887. The van der Waals surface area contributed by atoms with Crippen molar-refractivity contribution in [2.24, 2.45) is 0 Å². The van der Waals surface area contributed by atoms with Crippen molar-refractivity contribution in [2.75, 3.05) is 5.75 Å². The number of thioether (sulfide) groups is 1. The molecule has 2 aliphatic rings. The topological polar surface area (TPSA) is 66.5 Å². The standard InChI is InChI=1S/C16H16ClFN2O3S/c17-11-7-9(18)5-6-10(11)15(22)19-12-3-1-2-4-13(12)20-14(21)8-24-16(20)23/h5-7,12-13H,1-4,8H2,(H,19,22). The Kier molecular flexibility index (Phi) is 5.10.